The van der Waals surface area contributed by atoms with Gasteiger partial charge in [-0.05, 0) is 60.5 Å². The Bertz CT molecular complexity index is 1090. The van der Waals surface area contributed by atoms with Crippen molar-refractivity contribution in [2.45, 2.75) is 24.3 Å². The van der Waals surface area contributed by atoms with Crippen molar-refractivity contribution in [2.75, 3.05) is 5.32 Å². The summed E-state index contributed by atoms with van der Waals surface area (Å²) in [5.74, 6) is -0.104. The Morgan fingerprint density at radius 1 is 1.00 bits per heavy atom. The third-order valence-electron chi connectivity index (χ3n) is 4.48. The summed E-state index contributed by atoms with van der Waals surface area (Å²) in [7, 11) is 0. The number of thioether (sulfide) groups is 1. The molecule has 0 aliphatic heterocycles. The number of nitrogens with one attached hydrogen (secondary N) is 1. The molecule has 1 atom stereocenters. The standard InChI is InChI=1S/C23H20N2O2S/c1-15-12-13-16(2)19(14-15)24-22(26)21(17-8-4-3-5-9-17)28-23-25-18-10-6-7-11-20(18)27-23/h3-14,21H,1-2H3,(H,24,26)/t21-/m1/s1. The summed E-state index contributed by atoms with van der Waals surface area (Å²) in [5, 5.41) is 3.07. The highest BCUT2D eigenvalue weighted by molar-refractivity contribution is 8.00. The van der Waals surface area contributed by atoms with E-state index < -0.39 is 5.25 Å². The van der Waals surface area contributed by atoms with Gasteiger partial charge in [-0.2, -0.15) is 0 Å². The zero-order chi connectivity index (χ0) is 19.5. The molecule has 140 valence electrons. The van der Waals surface area contributed by atoms with Gasteiger partial charge in [-0.15, -0.1) is 0 Å². The lowest BCUT2D eigenvalue weighted by atomic mass is 10.1. The minimum absolute atomic E-state index is 0.104. The Kier molecular flexibility index (Phi) is 5.17. The van der Waals surface area contributed by atoms with E-state index in [1.165, 1.54) is 11.8 Å². The molecule has 5 heteroatoms. The van der Waals surface area contributed by atoms with Crippen LogP contribution in [0, 0.1) is 13.8 Å². The second-order valence-corrected chi connectivity index (χ2v) is 7.72. The maximum Gasteiger partial charge on any atom is 0.257 e. The number of nitrogens with zero attached hydrogens (tertiary/aromatic N) is 1. The fraction of sp³-hybridized carbons (Fsp3) is 0.130. The van der Waals surface area contributed by atoms with E-state index in [0.29, 0.717) is 10.8 Å². The SMILES string of the molecule is Cc1ccc(C)c(NC(=O)[C@H](Sc2nc3ccccc3o2)c2ccccc2)c1. The molecular weight excluding hydrogens is 368 g/mol. The van der Waals surface area contributed by atoms with Crippen LogP contribution in [0.1, 0.15) is 21.9 Å². The Balaban J connectivity index is 1.65. The number of hydrogen-bond donors (Lipinski definition) is 1. The number of carbonyl (C=O) groups is 1. The third-order valence-corrected chi connectivity index (χ3v) is 5.58. The fourth-order valence-corrected chi connectivity index (χ4v) is 3.92. The first-order valence-corrected chi connectivity index (χ1v) is 9.93. The highest BCUT2D eigenvalue weighted by Crippen LogP contribution is 2.37. The van der Waals surface area contributed by atoms with E-state index in [-0.39, 0.29) is 5.91 Å². The van der Waals surface area contributed by atoms with Crippen LogP contribution in [0.25, 0.3) is 11.1 Å². The van der Waals surface area contributed by atoms with Gasteiger partial charge >= 0.3 is 0 Å². The van der Waals surface area contributed by atoms with Gasteiger partial charge in [0.25, 0.3) is 5.22 Å². The topological polar surface area (TPSA) is 55.1 Å². The van der Waals surface area contributed by atoms with E-state index in [0.717, 1.165) is 27.9 Å². The van der Waals surface area contributed by atoms with Crippen molar-refractivity contribution in [3.63, 3.8) is 0 Å². The van der Waals surface area contributed by atoms with E-state index >= 15 is 0 Å². The largest absolute Gasteiger partial charge is 0.431 e. The van der Waals surface area contributed by atoms with E-state index in [2.05, 4.69) is 10.3 Å². The summed E-state index contributed by atoms with van der Waals surface area (Å²) < 4.78 is 5.84. The lowest BCUT2D eigenvalue weighted by Gasteiger charge is -2.16. The molecule has 28 heavy (non-hydrogen) atoms. The van der Waals surface area contributed by atoms with Gasteiger partial charge in [-0.3, -0.25) is 4.79 Å². The van der Waals surface area contributed by atoms with Gasteiger partial charge in [0.15, 0.2) is 5.58 Å². The lowest BCUT2D eigenvalue weighted by Crippen LogP contribution is -2.19. The molecule has 3 aromatic carbocycles. The Labute approximate surface area is 168 Å². The first-order valence-electron chi connectivity index (χ1n) is 9.05. The second-order valence-electron chi connectivity index (χ2n) is 6.66. The van der Waals surface area contributed by atoms with Crippen LogP contribution < -0.4 is 5.32 Å². The molecule has 0 spiro atoms. The highest BCUT2D eigenvalue weighted by Gasteiger charge is 2.25. The number of para-hydroxylation sites is 2. The van der Waals surface area contributed by atoms with Crippen LogP contribution in [0.2, 0.25) is 0 Å². The summed E-state index contributed by atoms with van der Waals surface area (Å²) in [6.45, 7) is 4.00. The summed E-state index contributed by atoms with van der Waals surface area (Å²) in [6, 6.07) is 23.3. The molecular formula is C23H20N2O2S. The number of amides is 1. The molecule has 1 amide bonds. The van der Waals surface area contributed by atoms with Crippen molar-refractivity contribution in [3.05, 3.63) is 89.5 Å². The van der Waals surface area contributed by atoms with Crippen molar-refractivity contribution in [3.8, 4) is 0 Å². The minimum atomic E-state index is -0.478. The molecule has 0 saturated carbocycles. The first-order chi connectivity index (χ1) is 13.6. The molecule has 0 saturated heterocycles. The van der Waals surface area contributed by atoms with Gasteiger partial charge in [0.1, 0.15) is 10.8 Å². The van der Waals surface area contributed by atoms with Gasteiger partial charge in [0.05, 0.1) is 0 Å². The molecule has 4 rings (SSSR count). The summed E-state index contributed by atoms with van der Waals surface area (Å²) in [6.07, 6.45) is 0. The highest BCUT2D eigenvalue weighted by atomic mass is 32.2. The number of oxazole rings is 1. The smallest absolute Gasteiger partial charge is 0.257 e. The zero-order valence-corrected chi connectivity index (χ0v) is 16.5. The monoisotopic (exact) mass is 388 g/mol. The second kappa shape index (κ2) is 7.90. The molecule has 1 N–H and O–H groups in total. The average Bonchev–Trinajstić information content (AvgIpc) is 3.12. The first kappa shape index (κ1) is 18.3. The van der Waals surface area contributed by atoms with Crippen LogP contribution in [0.4, 0.5) is 5.69 Å². The van der Waals surface area contributed by atoms with Crippen molar-refractivity contribution >= 4 is 34.5 Å². The molecule has 4 nitrogen and oxygen atoms in total. The number of anilines is 1. The lowest BCUT2D eigenvalue weighted by molar-refractivity contribution is -0.115. The van der Waals surface area contributed by atoms with Crippen molar-refractivity contribution in [1.29, 1.82) is 0 Å². The number of fused-ring (bicyclic) bond motifs is 1. The van der Waals surface area contributed by atoms with E-state index in [1.807, 2.05) is 86.6 Å². The van der Waals surface area contributed by atoms with Gasteiger partial charge in [-0.25, -0.2) is 4.98 Å². The van der Waals surface area contributed by atoms with Crippen LogP contribution in [0.3, 0.4) is 0 Å². The molecule has 4 aromatic rings. The number of rotatable bonds is 5. The van der Waals surface area contributed by atoms with Gasteiger partial charge < -0.3 is 9.73 Å². The average molecular weight is 388 g/mol. The molecule has 0 unspecified atom stereocenters. The van der Waals surface area contributed by atoms with Gasteiger partial charge in [0.2, 0.25) is 5.91 Å². The molecule has 0 fully saturated rings. The van der Waals surface area contributed by atoms with Crippen molar-refractivity contribution in [2.24, 2.45) is 0 Å². The van der Waals surface area contributed by atoms with Crippen molar-refractivity contribution < 1.29 is 9.21 Å². The van der Waals surface area contributed by atoms with Gasteiger partial charge in [-0.1, -0.05) is 54.6 Å². The molecule has 1 aromatic heterocycles. The van der Waals surface area contributed by atoms with E-state index in [4.69, 9.17) is 4.42 Å². The Hall–Kier alpha value is -3.05. The minimum Gasteiger partial charge on any atom is -0.431 e. The summed E-state index contributed by atoms with van der Waals surface area (Å²) >= 11 is 1.32. The number of aromatic nitrogens is 1. The van der Waals surface area contributed by atoms with E-state index in [9.17, 15) is 4.79 Å². The fourth-order valence-electron chi connectivity index (χ4n) is 2.97. The molecule has 1 heterocycles. The zero-order valence-electron chi connectivity index (χ0n) is 15.7. The number of carbonyl (C=O) groups excluding carboxylic acids is 1. The number of aryl methyl sites for hydroxylation is 2. The van der Waals surface area contributed by atoms with Crippen LogP contribution >= 0.6 is 11.8 Å². The van der Waals surface area contributed by atoms with Crippen molar-refractivity contribution in [1.82, 2.24) is 4.98 Å². The van der Waals surface area contributed by atoms with Crippen LogP contribution in [-0.2, 0) is 4.79 Å². The number of benzene rings is 3. The Morgan fingerprint density at radius 2 is 1.75 bits per heavy atom. The maximum absolute atomic E-state index is 13.2. The molecule has 0 aliphatic carbocycles. The number of hydrogen-bond acceptors (Lipinski definition) is 4. The van der Waals surface area contributed by atoms with Crippen LogP contribution in [0.15, 0.2) is 82.4 Å². The van der Waals surface area contributed by atoms with E-state index in [1.54, 1.807) is 0 Å². The summed E-state index contributed by atoms with van der Waals surface area (Å²) in [4.78, 5) is 17.7. The van der Waals surface area contributed by atoms with Crippen LogP contribution in [0.5, 0.6) is 0 Å². The van der Waals surface area contributed by atoms with Gasteiger partial charge in [0, 0.05) is 5.69 Å². The molecule has 0 radical (unpaired) electrons. The quantitative estimate of drug-likeness (QED) is 0.431. The molecule has 0 bridgehead atoms. The third kappa shape index (κ3) is 3.94. The molecule has 0 aliphatic rings. The van der Waals surface area contributed by atoms with Crippen LogP contribution in [-0.4, -0.2) is 10.9 Å². The summed E-state index contributed by atoms with van der Waals surface area (Å²) in [5.41, 5.74) is 5.35. The predicted octanol–water partition coefficient (Wildman–Crippen LogP) is 5.92. The Morgan fingerprint density at radius 3 is 2.54 bits per heavy atom. The normalized spacial score (nSPS) is 12.1. The maximum atomic E-state index is 13.2. The predicted molar refractivity (Wildman–Crippen MR) is 114 cm³/mol.